The molecule has 0 aliphatic carbocycles. The van der Waals surface area contributed by atoms with Gasteiger partial charge in [0.05, 0.1) is 16.1 Å². The third-order valence-electron chi connectivity index (χ3n) is 2.82. The largest absolute Gasteiger partial charge is 0.312 e. The first kappa shape index (κ1) is 13.6. The molecule has 1 N–H and O–H groups in total. The highest BCUT2D eigenvalue weighted by Crippen LogP contribution is 2.14. The summed E-state index contributed by atoms with van der Waals surface area (Å²) in [6.45, 7) is 3.48. The standard InChI is InChI=1S/C13H15N3O2S/c1-10-13(19-9-15-10)5-6-14-8-11-3-2-4-12(7-11)16(17)18/h2-4,7,9,14H,5-6,8H2,1H3. The highest BCUT2D eigenvalue weighted by Gasteiger charge is 2.05. The quantitative estimate of drug-likeness (QED) is 0.501. The van der Waals surface area contributed by atoms with Crippen molar-refractivity contribution in [3.63, 3.8) is 0 Å². The van der Waals surface area contributed by atoms with Crippen LogP contribution in [0.25, 0.3) is 0 Å². The van der Waals surface area contributed by atoms with Crippen molar-refractivity contribution in [1.82, 2.24) is 10.3 Å². The second kappa shape index (κ2) is 6.40. The summed E-state index contributed by atoms with van der Waals surface area (Å²) in [7, 11) is 0. The van der Waals surface area contributed by atoms with Crippen molar-refractivity contribution < 1.29 is 4.92 Å². The van der Waals surface area contributed by atoms with Gasteiger partial charge in [-0.2, -0.15) is 0 Å². The minimum Gasteiger partial charge on any atom is -0.312 e. The SMILES string of the molecule is Cc1ncsc1CCNCc1cccc([N+](=O)[O-])c1. The molecule has 0 saturated heterocycles. The monoisotopic (exact) mass is 277 g/mol. The lowest BCUT2D eigenvalue weighted by Crippen LogP contribution is -2.16. The highest BCUT2D eigenvalue weighted by molar-refractivity contribution is 7.09. The van der Waals surface area contributed by atoms with Gasteiger partial charge in [-0.05, 0) is 18.9 Å². The Balaban J connectivity index is 1.81. The molecule has 0 bridgehead atoms. The molecule has 0 atom stereocenters. The van der Waals surface area contributed by atoms with Crippen LogP contribution in [-0.4, -0.2) is 16.5 Å². The van der Waals surface area contributed by atoms with Crippen LogP contribution in [0.1, 0.15) is 16.1 Å². The Labute approximate surface area is 115 Å². The van der Waals surface area contributed by atoms with Gasteiger partial charge >= 0.3 is 0 Å². The molecule has 6 heteroatoms. The molecule has 0 radical (unpaired) electrons. The minimum absolute atomic E-state index is 0.137. The number of nitrogens with one attached hydrogen (secondary N) is 1. The topological polar surface area (TPSA) is 68.1 Å². The maximum atomic E-state index is 10.7. The number of hydrogen-bond acceptors (Lipinski definition) is 5. The van der Waals surface area contributed by atoms with Crippen LogP contribution in [0.15, 0.2) is 29.8 Å². The Morgan fingerprint density at radius 3 is 3.00 bits per heavy atom. The van der Waals surface area contributed by atoms with Gasteiger partial charge in [0, 0.05) is 30.1 Å². The van der Waals surface area contributed by atoms with E-state index in [1.54, 1.807) is 23.5 Å². The maximum absolute atomic E-state index is 10.7. The molecule has 1 aromatic carbocycles. The second-order valence-corrected chi connectivity index (χ2v) is 5.15. The summed E-state index contributed by atoms with van der Waals surface area (Å²) in [6.07, 6.45) is 0.936. The van der Waals surface area contributed by atoms with Crippen molar-refractivity contribution in [2.45, 2.75) is 19.9 Å². The van der Waals surface area contributed by atoms with Crippen LogP contribution in [0.4, 0.5) is 5.69 Å². The lowest BCUT2D eigenvalue weighted by Gasteiger charge is -2.04. The van der Waals surface area contributed by atoms with Gasteiger partial charge in [-0.1, -0.05) is 12.1 Å². The number of hydrogen-bond donors (Lipinski definition) is 1. The molecule has 19 heavy (non-hydrogen) atoms. The van der Waals surface area contributed by atoms with Crippen LogP contribution >= 0.6 is 11.3 Å². The predicted molar refractivity (Wildman–Crippen MR) is 75.4 cm³/mol. The Kier molecular flexibility index (Phi) is 4.59. The van der Waals surface area contributed by atoms with Crippen molar-refractivity contribution in [1.29, 1.82) is 0 Å². The van der Waals surface area contributed by atoms with Crippen molar-refractivity contribution >= 4 is 17.0 Å². The predicted octanol–water partition coefficient (Wildman–Crippen LogP) is 2.69. The van der Waals surface area contributed by atoms with Crippen LogP contribution in [-0.2, 0) is 13.0 Å². The van der Waals surface area contributed by atoms with E-state index in [0.29, 0.717) is 6.54 Å². The molecule has 0 aliphatic rings. The van der Waals surface area contributed by atoms with Crippen LogP contribution in [0.2, 0.25) is 0 Å². The Morgan fingerprint density at radius 2 is 2.32 bits per heavy atom. The molecule has 100 valence electrons. The zero-order valence-electron chi connectivity index (χ0n) is 10.6. The average Bonchev–Trinajstić information content (AvgIpc) is 2.81. The number of aryl methyl sites for hydroxylation is 1. The number of nitro benzene ring substituents is 1. The highest BCUT2D eigenvalue weighted by atomic mass is 32.1. The summed E-state index contributed by atoms with van der Waals surface area (Å²) >= 11 is 1.66. The van der Waals surface area contributed by atoms with E-state index >= 15 is 0 Å². The number of nitrogens with zero attached hydrogens (tertiary/aromatic N) is 2. The van der Waals surface area contributed by atoms with Crippen LogP contribution in [0, 0.1) is 17.0 Å². The third kappa shape index (κ3) is 3.84. The third-order valence-corrected chi connectivity index (χ3v) is 3.82. The average molecular weight is 277 g/mol. The smallest absolute Gasteiger partial charge is 0.269 e. The van der Waals surface area contributed by atoms with Gasteiger partial charge < -0.3 is 5.32 Å². The molecule has 1 heterocycles. The van der Waals surface area contributed by atoms with Gasteiger partial charge in [-0.15, -0.1) is 11.3 Å². The van der Waals surface area contributed by atoms with E-state index in [0.717, 1.165) is 24.2 Å². The molecular weight excluding hydrogens is 262 g/mol. The second-order valence-electron chi connectivity index (χ2n) is 4.21. The van der Waals surface area contributed by atoms with E-state index in [9.17, 15) is 10.1 Å². The number of nitro groups is 1. The number of non-ortho nitro benzene ring substituents is 1. The van der Waals surface area contributed by atoms with Gasteiger partial charge in [0.15, 0.2) is 0 Å². The maximum Gasteiger partial charge on any atom is 0.269 e. The van der Waals surface area contributed by atoms with E-state index in [-0.39, 0.29) is 10.6 Å². The molecule has 1 aromatic heterocycles. The number of thiazole rings is 1. The van der Waals surface area contributed by atoms with E-state index in [2.05, 4.69) is 10.3 Å². The summed E-state index contributed by atoms with van der Waals surface area (Å²) in [5.74, 6) is 0. The number of benzene rings is 1. The van der Waals surface area contributed by atoms with E-state index < -0.39 is 0 Å². The molecule has 2 rings (SSSR count). The fourth-order valence-electron chi connectivity index (χ4n) is 1.78. The molecule has 0 aliphatic heterocycles. The minimum atomic E-state index is -0.371. The molecule has 5 nitrogen and oxygen atoms in total. The van der Waals surface area contributed by atoms with Gasteiger partial charge in [0.1, 0.15) is 0 Å². The Morgan fingerprint density at radius 1 is 1.47 bits per heavy atom. The number of aromatic nitrogens is 1. The molecule has 0 spiro atoms. The van der Waals surface area contributed by atoms with Crippen LogP contribution < -0.4 is 5.32 Å². The Bertz CT molecular complexity index is 569. The summed E-state index contributed by atoms with van der Waals surface area (Å²) < 4.78 is 0. The fraction of sp³-hybridized carbons (Fsp3) is 0.308. The fourth-order valence-corrected chi connectivity index (χ4v) is 2.56. The summed E-state index contributed by atoms with van der Waals surface area (Å²) in [5.41, 5.74) is 4.00. The van der Waals surface area contributed by atoms with Crippen LogP contribution in [0.5, 0.6) is 0 Å². The van der Waals surface area contributed by atoms with Crippen molar-refractivity contribution in [2.24, 2.45) is 0 Å². The van der Waals surface area contributed by atoms with Crippen molar-refractivity contribution in [2.75, 3.05) is 6.54 Å². The summed E-state index contributed by atoms with van der Waals surface area (Å²) in [4.78, 5) is 15.8. The van der Waals surface area contributed by atoms with E-state index in [1.807, 2.05) is 18.5 Å². The van der Waals surface area contributed by atoms with E-state index in [4.69, 9.17) is 0 Å². The molecule has 0 fully saturated rings. The molecular formula is C13H15N3O2S. The van der Waals surface area contributed by atoms with Gasteiger partial charge in [0.2, 0.25) is 0 Å². The summed E-state index contributed by atoms with van der Waals surface area (Å²) in [5, 5.41) is 13.9. The summed E-state index contributed by atoms with van der Waals surface area (Å²) in [6, 6.07) is 6.70. The molecule has 0 unspecified atom stereocenters. The first-order chi connectivity index (χ1) is 9.16. The first-order valence-electron chi connectivity index (χ1n) is 6.00. The zero-order chi connectivity index (χ0) is 13.7. The van der Waals surface area contributed by atoms with Crippen molar-refractivity contribution in [3.05, 3.63) is 56.0 Å². The zero-order valence-corrected chi connectivity index (χ0v) is 11.4. The van der Waals surface area contributed by atoms with Crippen LogP contribution in [0.3, 0.4) is 0 Å². The lowest BCUT2D eigenvalue weighted by molar-refractivity contribution is -0.384. The molecule has 2 aromatic rings. The van der Waals surface area contributed by atoms with E-state index in [1.165, 1.54) is 10.9 Å². The van der Waals surface area contributed by atoms with Gasteiger partial charge in [0.25, 0.3) is 5.69 Å². The van der Waals surface area contributed by atoms with Gasteiger partial charge in [-0.3, -0.25) is 10.1 Å². The molecule has 0 saturated carbocycles. The number of rotatable bonds is 6. The first-order valence-corrected chi connectivity index (χ1v) is 6.88. The van der Waals surface area contributed by atoms with Crippen molar-refractivity contribution in [3.8, 4) is 0 Å². The molecule has 0 amide bonds. The van der Waals surface area contributed by atoms with Gasteiger partial charge in [-0.25, -0.2) is 4.98 Å². The Hall–Kier alpha value is -1.79. The normalized spacial score (nSPS) is 10.6. The lowest BCUT2D eigenvalue weighted by atomic mass is 10.2.